The molecular weight excluding hydrogens is 238 g/mol. The van der Waals surface area contributed by atoms with Crippen LogP contribution in [0.1, 0.15) is 0 Å². The molecule has 0 aliphatic carbocycles. The molecule has 0 aliphatic heterocycles. The lowest BCUT2D eigenvalue weighted by Gasteiger charge is -2.01. The molecule has 0 spiro atoms. The zero-order chi connectivity index (χ0) is 12.0. The Morgan fingerprint density at radius 1 is 1.50 bits per heavy atom. The number of non-ortho nitro benzene ring substituents is 1. The van der Waals surface area contributed by atoms with E-state index in [1.807, 2.05) is 0 Å². The second-order valence-electron chi connectivity index (χ2n) is 2.60. The molecule has 0 saturated carbocycles. The Balaban J connectivity index is 2.68. The van der Waals surface area contributed by atoms with Crippen LogP contribution in [0.25, 0.3) is 0 Å². The predicted molar refractivity (Wildman–Crippen MR) is 53.6 cm³/mol. The van der Waals surface area contributed by atoms with Gasteiger partial charge in [0.25, 0.3) is 5.69 Å². The second kappa shape index (κ2) is 6.28. The lowest BCUT2D eigenvalue weighted by molar-refractivity contribution is -0.385. The van der Waals surface area contributed by atoms with Crippen LogP contribution in [0.4, 0.5) is 5.69 Å². The van der Waals surface area contributed by atoms with E-state index < -0.39 is 16.0 Å². The van der Waals surface area contributed by atoms with E-state index in [-0.39, 0.29) is 23.8 Å². The Morgan fingerprint density at radius 3 is 2.88 bits per heavy atom. The van der Waals surface area contributed by atoms with Crippen LogP contribution in [-0.2, 0) is 20.3 Å². The van der Waals surface area contributed by atoms with Crippen molar-refractivity contribution in [1.29, 1.82) is 0 Å². The van der Waals surface area contributed by atoms with Crippen LogP contribution in [0, 0.1) is 10.1 Å². The maximum atomic E-state index is 11.4. The smallest absolute Gasteiger partial charge is 0.270 e. The van der Waals surface area contributed by atoms with Crippen molar-refractivity contribution in [2.75, 3.05) is 13.2 Å². The van der Waals surface area contributed by atoms with Crippen molar-refractivity contribution < 1.29 is 23.5 Å². The van der Waals surface area contributed by atoms with Crippen LogP contribution in [0.15, 0.2) is 29.2 Å². The fraction of sp³-hybridized carbons (Fsp3) is 0.250. The second-order valence-corrected chi connectivity index (χ2v) is 3.68. The van der Waals surface area contributed by atoms with E-state index in [1.54, 1.807) is 0 Å². The first kappa shape index (κ1) is 12.7. The Labute approximate surface area is 93.3 Å². The molecule has 8 heteroatoms. The molecule has 1 N–H and O–H groups in total. The molecule has 1 aromatic rings. The van der Waals surface area contributed by atoms with Gasteiger partial charge in [0.15, 0.2) is 0 Å². The number of rotatable bonds is 6. The first-order chi connectivity index (χ1) is 7.65. The van der Waals surface area contributed by atoms with Crippen molar-refractivity contribution in [1.82, 2.24) is 0 Å². The van der Waals surface area contributed by atoms with Crippen LogP contribution in [-0.4, -0.2) is 27.5 Å². The zero-order valence-corrected chi connectivity index (χ0v) is 8.88. The fourth-order valence-corrected chi connectivity index (χ4v) is 1.50. The Morgan fingerprint density at radius 2 is 2.25 bits per heavy atom. The van der Waals surface area contributed by atoms with E-state index in [4.69, 9.17) is 5.11 Å². The van der Waals surface area contributed by atoms with Gasteiger partial charge in [0.1, 0.15) is 6.61 Å². The highest BCUT2D eigenvalue weighted by Crippen LogP contribution is 2.16. The SMILES string of the molecule is O=[N+]([O-])c1cccc(S(=O)OOCCO)c1. The van der Waals surface area contributed by atoms with Crippen molar-refractivity contribution in [2.45, 2.75) is 4.90 Å². The molecular formula is C8H9NO6S. The minimum Gasteiger partial charge on any atom is -0.394 e. The molecule has 0 aliphatic rings. The van der Waals surface area contributed by atoms with Crippen molar-refractivity contribution in [3.63, 3.8) is 0 Å². The molecule has 7 nitrogen and oxygen atoms in total. The summed E-state index contributed by atoms with van der Waals surface area (Å²) in [5.74, 6) is 0. The van der Waals surface area contributed by atoms with E-state index in [9.17, 15) is 14.3 Å². The summed E-state index contributed by atoms with van der Waals surface area (Å²) in [6, 6.07) is 5.19. The van der Waals surface area contributed by atoms with Gasteiger partial charge >= 0.3 is 0 Å². The molecule has 0 radical (unpaired) electrons. The Bertz CT molecular complexity index is 396. The van der Waals surface area contributed by atoms with E-state index in [1.165, 1.54) is 18.2 Å². The molecule has 1 atom stereocenters. The summed E-state index contributed by atoms with van der Waals surface area (Å²) in [7, 11) is 0. The van der Waals surface area contributed by atoms with Gasteiger partial charge in [-0.15, -0.1) is 4.33 Å². The van der Waals surface area contributed by atoms with Crippen molar-refractivity contribution in [3.05, 3.63) is 34.4 Å². The van der Waals surface area contributed by atoms with Gasteiger partial charge in [-0.05, 0) is 6.07 Å². The standard InChI is InChI=1S/C8H9NO6S/c10-4-5-14-15-16(13)8-3-1-2-7(6-8)9(11)12/h1-3,6,10H,4-5H2. The molecule has 16 heavy (non-hydrogen) atoms. The Kier molecular flexibility index (Phi) is 4.99. The molecule has 0 bridgehead atoms. The highest BCUT2D eigenvalue weighted by Gasteiger charge is 2.11. The van der Waals surface area contributed by atoms with Gasteiger partial charge in [0.2, 0.25) is 11.1 Å². The lowest BCUT2D eigenvalue weighted by atomic mass is 10.3. The van der Waals surface area contributed by atoms with Crippen LogP contribution in [0.2, 0.25) is 0 Å². The summed E-state index contributed by atoms with van der Waals surface area (Å²) in [5.41, 5.74) is -0.184. The molecule has 0 heterocycles. The van der Waals surface area contributed by atoms with Crippen LogP contribution in [0.5, 0.6) is 0 Å². The average molecular weight is 247 g/mol. The van der Waals surface area contributed by atoms with E-state index in [0.29, 0.717) is 0 Å². The third-order valence-electron chi connectivity index (χ3n) is 1.51. The van der Waals surface area contributed by atoms with E-state index in [0.717, 1.165) is 6.07 Å². The van der Waals surface area contributed by atoms with Crippen molar-refractivity contribution in [2.24, 2.45) is 0 Å². The number of nitro benzene ring substituents is 1. The lowest BCUT2D eigenvalue weighted by Crippen LogP contribution is -2.04. The van der Waals surface area contributed by atoms with Gasteiger partial charge in [-0.1, -0.05) is 6.07 Å². The minimum atomic E-state index is -1.95. The molecule has 0 saturated heterocycles. The highest BCUT2D eigenvalue weighted by atomic mass is 32.2. The molecule has 1 unspecified atom stereocenters. The minimum absolute atomic E-state index is 0.118. The van der Waals surface area contributed by atoms with Crippen molar-refractivity contribution >= 4 is 16.8 Å². The molecule has 0 fully saturated rings. The van der Waals surface area contributed by atoms with E-state index >= 15 is 0 Å². The largest absolute Gasteiger partial charge is 0.394 e. The van der Waals surface area contributed by atoms with E-state index in [2.05, 4.69) is 9.22 Å². The summed E-state index contributed by atoms with van der Waals surface area (Å²) in [6.07, 6.45) is 0. The van der Waals surface area contributed by atoms with Gasteiger partial charge in [-0.3, -0.25) is 10.1 Å². The summed E-state index contributed by atoms with van der Waals surface area (Å²) >= 11 is -1.95. The number of benzene rings is 1. The van der Waals surface area contributed by atoms with Crippen LogP contribution >= 0.6 is 0 Å². The monoisotopic (exact) mass is 247 g/mol. The van der Waals surface area contributed by atoms with Gasteiger partial charge in [-0.25, -0.2) is 9.10 Å². The number of nitrogens with zero attached hydrogens (tertiary/aromatic N) is 1. The number of hydrogen-bond acceptors (Lipinski definition) is 6. The van der Waals surface area contributed by atoms with Gasteiger partial charge in [-0.2, -0.15) is 0 Å². The highest BCUT2D eigenvalue weighted by molar-refractivity contribution is 7.80. The third-order valence-corrected chi connectivity index (χ3v) is 2.36. The first-order valence-electron chi connectivity index (χ1n) is 4.22. The summed E-state index contributed by atoms with van der Waals surface area (Å²) in [5, 5.41) is 18.8. The molecule has 1 rings (SSSR count). The summed E-state index contributed by atoms with van der Waals surface area (Å²) in [6.45, 7) is -0.396. The predicted octanol–water partition coefficient (Wildman–Crippen LogP) is 0.558. The molecule has 0 aromatic heterocycles. The Hall–Kier alpha value is -1.35. The summed E-state index contributed by atoms with van der Waals surface area (Å²) in [4.78, 5) is 14.3. The third kappa shape index (κ3) is 3.66. The van der Waals surface area contributed by atoms with Crippen LogP contribution < -0.4 is 0 Å². The fourth-order valence-electron chi connectivity index (χ4n) is 0.855. The zero-order valence-electron chi connectivity index (χ0n) is 8.07. The topological polar surface area (TPSA) is 98.9 Å². The summed E-state index contributed by atoms with van der Waals surface area (Å²) < 4.78 is 15.7. The van der Waals surface area contributed by atoms with Crippen LogP contribution in [0.3, 0.4) is 0 Å². The molecule has 0 amide bonds. The normalized spacial score (nSPS) is 12.3. The molecule has 88 valence electrons. The van der Waals surface area contributed by atoms with Gasteiger partial charge in [0.05, 0.1) is 16.4 Å². The van der Waals surface area contributed by atoms with Gasteiger partial charge < -0.3 is 5.11 Å². The van der Waals surface area contributed by atoms with Crippen molar-refractivity contribution in [3.8, 4) is 0 Å². The average Bonchev–Trinajstić information content (AvgIpc) is 2.29. The number of nitro groups is 1. The first-order valence-corrected chi connectivity index (χ1v) is 5.29. The maximum Gasteiger partial charge on any atom is 0.270 e. The number of aliphatic hydroxyl groups excluding tert-OH is 1. The number of hydrogen-bond donors (Lipinski definition) is 1. The van der Waals surface area contributed by atoms with Gasteiger partial charge in [0, 0.05) is 12.1 Å². The number of aliphatic hydroxyl groups is 1. The molecule has 1 aromatic carbocycles. The quantitative estimate of drug-likeness (QED) is 0.341. The maximum absolute atomic E-state index is 11.4.